The molecule has 0 fully saturated rings. The van der Waals surface area contributed by atoms with E-state index in [1.807, 2.05) is 0 Å². The molecule has 0 bridgehead atoms. The Bertz CT molecular complexity index is 505. The van der Waals surface area contributed by atoms with Gasteiger partial charge in [0.1, 0.15) is 5.69 Å². The van der Waals surface area contributed by atoms with Crippen molar-refractivity contribution in [3.8, 4) is 12.3 Å². The highest BCUT2D eigenvalue weighted by molar-refractivity contribution is 6.03. The number of hydrogen-bond acceptors (Lipinski definition) is 4. The Hall–Kier alpha value is -2.39. The minimum absolute atomic E-state index is 0.0133. The van der Waals surface area contributed by atoms with Gasteiger partial charge in [-0.25, -0.2) is 9.78 Å². The Morgan fingerprint density at radius 2 is 2.33 bits per heavy atom. The molecule has 1 amide bonds. The molecule has 0 saturated heterocycles. The molecule has 0 saturated carbocycles. The van der Waals surface area contributed by atoms with Gasteiger partial charge in [-0.05, 0) is 11.6 Å². The number of rotatable bonds is 5. The Kier molecular flexibility index (Phi) is 4.84. The first-order valence-electron chi connectivity index (χ1n) is 5.03. The Morgan fingerprint density at radius 3 is 2.89 bits per heavy atom. The fourth-order valence-electron chi connectivity index (χ4n) is 1.31. The van der Waals surface area contributed by atoms with Gasteiger partial charge in [0.15, 0.2) is 0 Å². The van der Waals surface area contributed by atoms with Crippen molar-refractivity contribution in [3.05, 3.63) is 29.1 Å². The van der Waals surface area contributed by atoms with E-state index in [1.54, 1.807) is 0 Å². The molecule has 6 heteroatoms. The van der Waals surface area contributed by atoms with E-state index in [1.165, 1.54) is 19.4 Å². The number of nitrogens with one attached hydrogen (secondary N) is 1. The topological polar surface area (TPSA) is 88.5 Å². The molecule has 1 aromatic rings. The van der Waals surface area contributed by atoms with Gasteiger partial charge in [-0.1, -0.05) is 5.92 Å². The van der Waals surface area contributed by atoms with Gasteiger partial charge in [0.05, 0.1) is 18.7 Å². The van der Waals surface area contributed by atoms with E-state index in [0.29, 0.717) is 5.56 Å². The molecule has 18 heavy (non-hydrogen) atoms. The van der Waals surface area contributed by atoms with Gasteiger partial charge < -0.3 is 15.2 Å². The highest BCUT2D eigenvalue weighted by atomic mass is 16.5. The summed E-state index contributed by atoms with van der Waals surface area (Å²) in [7, 11) is 1.48. The second kappa shape index (κ2) is 6.37. The van der Waals surface area contributed by atoms with Gasteiger partial charge >= 0.3 is 5.97 Å². The minimum Gasteiger partial charge on any atom is -0.478 e. The third-order valence-corrected chi connectivity index (χ3v) is 2.05. The summed E-state index contributed by atoms with van der Waals surface area (Å²) in [6, 6.07) is 1.35. The molecule has 1 aromatic heterocycles. The number of aromatic carboxylic acids is 1. The summed E-state index contributed by atoms with van der Waals surface area (Å²) in [5, 5.41) is 11.4. The van der Waals surface area contributed by atoms with Crippen LogP contribution in [0, 0.1) is 12.3 Å². The van der Waals surface area contributed by atoms with Crippen LogP contribution in [0.2, 0.25) is 0 Å². The van der Waals surface area contributed by atoms with Crippen molar-refractivity contribution in [1.82, 2.24) is 10.3 Å². The van der Waals surface area contributed by atoms with E-state index in [9.17, 15) is 9.59 Å². The maximum atomic E-state index is 11.6. The van der Waals surface area contributed by atoms with E-state index >= 15 is 0 Å². The smallest absolute Gasteiger partial charge is 0.338 e. The lowest BCUT2D eigenvalue weighted by atomic mass is 10.1. The van der Waals surface area contributed by atoms with Crippen molar-refractivity contribution in [1.29, 1.82) is 0 Å². The van der Waals surface area contributed by atoms with Gasteiger partial charge in [-0.2, -0.15) is 0 Å². The molecule has 1 rings (SSSR count). The Balaban J connectivity index is 3.08. The summed E-state index contributed by atoms with van der Waals surface area (Å²) < 4.78 is 4.87. The van der Waals surface area contributed by atoms with Crippen molar-refractivity contribution in [2.75, 3.05) is 13.7 Å². The van der Waals surface area contributed by atoms with Crippen LogP contribution < -0.4 is 5.32 Å². The molecule has 6 nitrogen and oxygen atoms in total. The van der Waals surface area contributed by atoms with Crippen LogP contribution in [0.1, 0.15) is 26.4 Å². The summed E-state index contributed by atoms with van der Waals surface area (Å²) >= 11 is 0. The number of pyridine rings is 1. The first-order valence-corrected chi connectivity index (χ1v) is 5.03. The van der Waals surface area contributed by atoms with Crippen molar-refractivity contribution in [2.24, 2.45) is 0 Å². The van der Waals surface area contributed by atoms with E-state index < -0.39 is 11.9 Å². The predicted octanol–water partition coefficient (Wildman–Crippen LogP) is 0.289. The molecule has 0 aromatic carbocycles. The summed E-state index contributed by atoms with van der Waals surface area (Å²) in [5.74, 6) is 0.375. The second-order valence-electron chi connectivity index (χ2n) is 3.36. The molecule has 0 aliphatic carbocycles. The number of carboxylic acids is 1. The monoisotopic (exact) mass is 248 g/mol. The van der Waals surface area contributed by atoms with Crippen LogP contribution in [0.15, 0.2) is 12.3 Å². The number of terminal acetylenes is 1. The lowest BCUT2D eigenvalue weighted by Gasteiger charge is -2.07. The van der Waals surface area contributed by atoms with Crippen LogP contribution in [0.3, 0.4) is 0 Å². The number of aromatic nitrogens is 1. The number of carboxylic acid groups (broad SMARTS) is 1. The standard InChI is InChI=1S/C12H12N2O4/c1-3-4-13-11(15)10-9(12(16)17)5-8(6-14-10)7-18-2/h1,5-6H,4,7H2,2H3,(H,13,15)(H,16,17). The van der Waals surface area contributed by atoms with Crippen LogP contribution in [0.4, 0.5) is 0 Å². The molecule has 0 unspecified atom stereocenters. The lowest BCUT2D eigenvalue weighted by molar-refractivity contribution is 0.0689. The van der Waals surface area contributed by atoms with Crippen molar-refractivity contribution < 1.29 is 19.4 Å². The molecular weight excluding hydrogens is 236 g/mol. The van der Waals surface area contributed by atoms with Gasteiger partial charge in [0.2, 0.25) is 0 Å². The van der Waals surface area contributed by atoms with Crippen LogP contribution in [0.5, 0.6) is 0 Å². The normalized spacial score (nSPS) is 9.56. The van der Waals surface area contributed by atoms with Gasteiger partial charge in [0.25, 0.3) is 5.91 Å². The summed E-state index contributed by atoms with van der Waals surface area (Å²) in [6.45, 7) is 0.235. The lowest BCUT2D eigenvalue weighted by Crippen LogP contribution is -2.27. The molecule has 2 N–H and O–H groups in total. The number of methoxy groups -OCH3 is 1. The van der Waals surface area contributed by atoms with E-state index in [0.717, 1.165) is 0 Å². The van der Waals surface area contributed by atoms with E-state index in [4.69, 9.17) is 16.3 Å². The molecule has 0 aliphatic heterocycles. The maximum Gasteiger partial charge on any atom is 0.338 e. The van der Waals surface area contributed by atoms with Crippen molar-refractivity contribution in [3.63, 3.8) is 0 Å². The fraction of sp³-hybridized carbons (Fsp3) is 0.250. The fourth-order valence-corrected chi connectivity index (χ4v) is 1.31. The average molecular weight is 248 g/mol. The molecule has 0 aliphatic rings. The SMILES string of the molecule is C#CCNC(=O)c1ncc(COC)cc1C(=O)O. The van der Waals surface area contributed by atoms with Gasteiger partial charge in [0, 0.05) is 13.3 Å². The Morgan fingerprint density at radius 1 is 1.61 bits per heavy atom. The number of carbonyl (C=O) groups is 2. The maximum absolute atomic E-state index is 11.6. The average Bonchev–Trinajstić information content (AvgIpc) is 2.36. The summed E-state index contributed by atoms with van der Waals surface area (Å²) in [4.78, 5) is 26.5. The van der Waals surface area contributed by atoms with Gasteiger partial charge in [-0.15, -0.1) is 6.42 Å². The molecule has 0 atom stereocenters. The number of amides is 1. The zero-order valence-electron chi connectivity index (χ0n) is 9.77. The van der Waals surface area contributed by atoms with Crippen molar-refractivity contribution >= 4 is 11.9 Å². The van der Waals surface area contributed by atoms with E-state index in [-0.39, 0.29) is 24.4 Å². The number of hydrogen-bond donors (Lipinski definition) is 2. The first kappa shape index (κ1) is 13.7. The number of ether oxygens (including phenoxy) is 1. The zero-order chi connectivity index (χ0) is 13.5. The third-order valence-electron chi connectivity index (χ3n) is 2.05. The van der Waals surface area contributed by atoms with E-state index in [2.05, 4.69) is 16.2 Å². The Labute approximate surface area is 104 Å². The summed E-state index contributed by atoms with van der Waals surface area (Å²) in [6.07, 6.45) is 6.39. The van der Waals surface area contributed by atoms with Crippen molar-refractivity contribution in [2.45, 2.75) is 6.61 Å². The second-order valence-corrected chi connectivity index (χ2v) is 3.36. The number of carbonyl (C=O) groups excluding carboxylic acids is 1. The molecule has 0 radical (unpaired) electrons. The zero-order valence-corrected chi connectivity index (χ0v) is 9.77. The van der Waals surface area contributed by atoms with Crippen LogP contribution in [-0.2, 0) is 11.3 Å². The largest absolute Gasteiger partial charge is 0.478 e. The molecule has 94 valence electrons. The first-order chi connectivity index (χ1) is 8.60. The predicted molar refractivity (Wildman–Crippen MR) is 63.1 cm³/mol. The molecular formula is C12H12N2O4. The highest BCUT2D eigenvalue weighted by Crippen LogP contribution is 2.10. The third kappa shape index (κ3) is 3.30. The molecule has 1 heterocycles. The quantitative estimate of drug-likeness (QED) is 0.731. The minimum atomic E-state index is -1.23. The highest BCUT2D eigenvalue weighted by Gasteiger charge is 2.18. The van der Waals surface area contributed by atoms with Crippen LogP contribution in [0.25, 0.3) is 0 Å². The van der Waals surface area contributed by atoms with Crippen LogP contribution in [-0.4, -0.2) is 35.6 Å². The summed E-state index contributed by atoms with van der Waals surface area (Å²) in [5.41, 5.74) is 0.222. The van der Waals surface area contributed by atoms with Gasteiger partial charge in [-0.3, -0.25) is 4.79 Å². The number of nitrogens with zero attached hydrogens (tertiary/aromatic N) is 1. The van der Waals surface area contributed by atoms with Crippen LogP contribution >= 0.6 is 0 Å². The molecule has 0 spiro atoms.